The van der Waals surface area contributed by atoms with Crippen LogP contribution in [0.25, 0.3) is 11.1 Å². The molecule has 0 radical (unpaired) electrons. The van der Waals surface area contributed by atoms with Crippen molar-refractivity contribution >= 4 is 6.09 Å². The third-order valence-electron chi connectivity index (χ3n) is 6.86. The highest BCUT2D eigenvalue weighted by Crippen LogP contribution is 2.27. The van der Waals surface area contributed by atoms with E-state index in [9.17, 15) is 4.79 Å². The van der Waals surface area contributed by atoms with E-state index in [4.69, 9.17) is 4.74 Å². The fourth-order valence-electron chi connectivity index (χ4n) is 4.96. The Morgan fingerprint density at radius 2 is 1.68 bits per heavy atom. The van der Waals surface area contributed by atoms with Crippen LogP contribution in [0.5, 0.6) is 0 Å². The van der Waals surface area contributed by atoms with E-state index in [0.717, 1.165) is 49.2 Å². The van der Waals surface area contributed by atoms with Crippen molar-refractivity contribution in [3.8, 4) is 11.1 Å². The van der Waals surface area contributed by atoms with Gasteiger partial charge in [0, 0.05) is 25.2 Å². The van der Waals surface area contributed by atoms with Gasteiger partial charge >= 0.3 is 6.09 Å². The highest BCUT2D eigenvalue weighted by molar-refractivity contribution is 5.71. The van der Waals surface area contributed by atoms with E-state index < -0.39 is 11.7 Å². The molecule has 0 spiro atoms. The van der Waals surface area contributed by atoms with E-state index in [1.165, 1.54) is 11.1 Å². The van der Waals surface area contributed by atoms with Crippen molar-refractivity contribution in [3.05, 3.63) is 95.6 Å². The third-order valence-corrected chi connectivity index (χ3v) is 6.86. The van der Waals surface area contributed by atoms with Gasteiger partial charge < -0.3 is 15.4 Å². The Kier molecular flexibility index (Phi) is 9.01. The first-order valence-electron chi connectivity index (χ1n) is 13.4. The molecule has 0 saturated carbocycles. The number of carbonyl (C=O) groups is 1. The predicted octanol–water partition coefficient (Wildman–Crippen LogP) is 6.69. The second-order valence-electron chi connectivity index (χ2n) is 11.1. The van der Waals surface area contributed by atoms with Crippen LogP contribution in [0.3, 0.4) is 0 Å². The molecule has 0 bridgehead atoms. The monoisotopic (exact) mass is 499 g/mol. The Morgan fingerprint density at radius 3 is 2.41 bits per heavy atom. The predicted molar refractivity (Wildman–Crippen MR) is 151 cm³/mol. The Bertz CT molecular complexity index is 1150. The van der Waals surface area contributed by atoms with Crippen molar-refractivity contribution in [2.24, 2.45) is 0 Å². The molecule has 5 heteroatoms. The van der Waals surface area contributed by atoms with Gasteiger partial charge in [0.2, 0.25) is 0 Å². The lowest BCUT2D eigenvalue weighted by molar-refractivity contribution is 0.0523. The van der Waals surface area contributed by atoms with Gasteiger partial charge in [0.15, 0.2) is 0 Å². The van der Waals surface area contributed by atoms with Crippen LogP contribution in [0.15, 0.2) is 78.9 Å². The lowest BCUT2D eigenvalue weighted by atomic mass is 9.95. The summed E-state index contributed by atoms with van der Waals surface area (Å²) in [6.07, 6.45) is 1.93. The Labute approximate surface area is 222 Å². The molecular weight excluding hydrogens is 458 g/mol. The molecule has 1 fully saturated rings. The maximum absolute atomic E-state index is 12.2. The van der Waals surface area contributed by atoms with Crippen LogP contribution in [-0.2, 0) is 17.8 Å². The van der Waals surface area contributed by atoms with E-state index >= 15 is 0 Å². The number of benzene rings is 3. The number of likely N-dealkylation sites (tertiary alicyclic amines) is 1. The van der Waals surface area contributed by atoms with Gasteiger partial charge in [0.05, 0.1) is 0 Å². The lowest BCUT2D eigenvalue weighted by Crippen LogP contribution is -2.42. The van der Waals surface area contributed by atoms with Crippen LogP contribution < -0.4 is 10.6 Å². The molecule has 1 amide bonds. The maximum atomic E-state index is 12.2. The zero-order chi connectivity index (χ0) is 26.3. The second-order valence-corrected chi connectivity index (χ2v) is 11.1. The Morgan fingerprint density at radius 1 is 0.973 bits per heavy atom. The molecule has 0 aromatic heterocycles. The van der Waals surface area contributed by atoms with E-state index in [1.807, 2.05) is 32.9 Å². The van der Waals surface area contributed by atoms with Crippen LogP contribution >= 0.6 is 0 Å². The number of nitrogens with zero attached hydrogens (tertiary/aromatic N) is 1. The topological polar surface area (TPSA) is 53.6 Å². The molecule has 2 N–H and O–H groups in total. The molecule has 0 aliphatic carbocycles. The van der Waals surface area contributed by atoms with Crippen LogP contribution in [0.4, 0.5) is 4.79 Å². The number of ether oxygens (including phenoxy) is 1. The first-order valence-corrected chi connectivity index (χ1v) is 13.4. The zero-order valence-electron chi connectivity index (χ0n) is 22.7. The van der Waals surface area contributed by atoms with E-state index in [-0.39, 0.29) is 6.04 Å². The first-order chi connectivity index (χ1) is 17.8. The van der Waals surface area contributed by atoms with Crippen LogP contribution in [0.2, 0.25) is 0 Å². The molecule has 1 atom stereocenters. The van der Waals surface area contributed by atoms with Gasteiger partial charge in [0.1, 0.15) is 5.60 Å². The van der Waals surface area contributed by atoms with Crippen LogP contribution in [0.1, 0.15) is 63.3 Å². The molecule has 5 nitrogen and oxygen atoms in total. The summed E-state index contributed by atoms with van der Waals surface area (Å²) in [5.74, 6) is 0. The summed E-state index contributed by atoms with van der Waals surface area (Å²) in [6.45, 7) is 11.6. The van der Waals surface area contributed by atoms with Crippen LogP contribution in [-0.4, -0.2) is 35.7 Å². The molecular formula is C32H41N3O2. The summed E-state index contributed by atoms with van der Waals surface area (Å²) < 4.78 is 5.40. The van der Waals surface area contributed by atoms with Crippen molar-refractivity contribution < 1.29 is 9.53 Å². The first kappa shape index (κ1) is 26.9. The molecule has 4 rings (SSSR count). The largest absolute Gasteiger partial charge is 0.444 e. The Balaban J connectivity index is 1.35. The average Bonchev–Trinajstić information content (AvgIpc) is 2.88. The van der Waals surface area contributed by atoms with E-state index in [0.29, 0.717) is 12.6 Å². The number of piperidine rings is 1. The van der Waals surface area contributed by atoms with Crippen molar-refractivity contribution in [1.29, 1.82) is 0 Å². The molecule has 1 saturated heterocycles. The quantitative estimate of drug-likeness (QED) is 0.362. The molecule has 1 aliphatic heterocycles. The van der Waals surface area contributed by atoms with Gasteiger partial charge in [-0.2, -0.15) is 0 Å². The Hall–Kier alpha value is -3.15. The molecule has 1 heterocycles. The van der Waals surface area contributed by atoms with Crippen molar-refractivity contribution in [1.82, 2.24) is 15.5 Å². The molecule has 37 heavy (non-hydrogen) atoms. The average molecular weight is 500 g/mol. The summed E-state index contributed by atoms with van der Waals surface area (Å²) in [4.78, 5) is 14.7. The number of alkyl carbamates (subject to hydrolysis) is 1. The second kappa shape index (κ2) is 12.4. The minimum Gasteiger partial charge on any atom is -0.444 e. The standard InChI is InChI=1S/C32H41N3O2/c1-24(34-29-17-19-35(20-18-29)23-25-11-6-5-7-12-25)26-14-10-15-27(21-26)30-16-9-8-13-28(30)22-33-31(36)37-32(2,3)4/h5-16,21,24,29,34H,17-20,22-23H2,1-4H3,(H,33,36). The highest BCUT2D eigenvalue weighted by atomic mass is 16.6. The van der Waals surface area contributed by atoms with Gasteiger partial charge in [-0.1, -0.05) is 72.8 Å². The summed E-state index contributed by atoms with van der Waals surface area (Å²) in [5, 5.41) is 6.77. The summed E-state index contributed by atoms with van der Waals surface area (Å²) >= 11 is 0. The number of nitrogens with one attached hydrogen (secondary N) is 2. The number of carbonyl (C=O) groups excluding carboxylic acids is 1. The highest BCUT2D eigenvalue weighted by Gasteiger charge is 2.21. The minimum atomic E-state index is -0.514. The molecule has 3 aromatic carbocycles. The molecule has 1 aliphatic rings. The van der Waals surface area contributed by atoms with Gasteiger partial charge in [-0.3, -0.25) is 4.90 Å². The lowest BCUT2D eigenvalue weighted by Gasteiger charge is -2.34. The number of hydrogen-bond donors (Lipinski definition) is 2. The smallest absolute Gasteiger partial charge is 0.407 e. The fraction of sp³-hybridized carbons (Fsp3) is 0.406. The summed E-state index contributed by atoms with van der Waals surface area (Å²) in [6, 6.07) is 28.5. The zero-order valence-corrected chi connectivity index (χ0v) is 22.7. The third kappa shape index (κ3) is 8.17. The van der Waals surface area contributed by atoms with Gasteiger partial charge in [-0.05, 0) is 87.5 Å². The minimum absolute atomic E-state index is 0.262. The number of rotatable bonds is 8. The summed E-state index contributed by atoms with van der Waals surface area (Å²) in [5.41, 5.74) is 5.50. The normalized spacial score (nSPS) is 15.8. The number of amides is 1. The van der Waals surface area contributed by atoms with Gasteiger partial charge in [0.25, 0.3) is 0 Å². The maximum Gasteiger partial charge on any atom is 0.407 e. The van der Waals surface area contributed by atoms with Crippen LogP contribution in [0, 0.1) is 0 Å². The van der Waals surface area contributed by atoms with Crippen molar-refractivity contribution in [2.45, 2.75) is 71.3 Å². The fourth-order valence-corrected chi connectivity index (χ4v) is 4.96. The van der Waals surface area contributed by atoms with E-state index in [1.54, 1.807) is 0 Å². The molecule has 1 unspecified atom stereocenters. The van der Waals surface area contributed by atoms with Gasteiger partial charge in [-0.25, -0.2) is 4.79 Å². The van der Waals surface area contributed by atoms with E-state index in [2.05, 4.69) is 89.2 Å². The van der Waals surface area contributed by atoms with Gasteiger partial charge in [-0.15, -0.1) is 0 Å². The number of hydrogen-bond acceptors (Lipinski definition) is 4. The van der Waals surface area contributed by atoms with Crippen molar-refractivity contribution in [2.75, 3.05) is 13.1 Å². The molecule has 196 valence electrons. The summed E-state index contributed by atoms with van der Waals surface area (Å²) in [7, 11) is 0. The molecule has 3 aromatic rings. The van der Waals surface area contributed by atoms with Crippen molar-refractivity contribution in [3.63, 3.8) is 0 Å². The SMILES string of the molecule is CC(NC1CCN(Cc2ccccc2)CC1)c1cccc(-c2ccccc2CNC(=O)OC(C)(C)C)c1.